The van der Waals surface area contributed by atoms with E-state index in [1.165, 1.54) is 18.4 Å². The summed E-state index contributed by atoms with van der Waals surface area (Å²) in [7, 11) is 1.28. The normalized spacial score (nSPS) is 11.4. The van der Waals surface area contributed by atoms with Crippen molar-refractivity contribution < 1.29 is 14.3 Å². The van der Waals surface area contributed by atoms with E-state index in [1.807, 2.05) is 6.07 Å². The first kappa shape index (κ1) is 13.2. The van der Waals surface area contributed by atoms with Gasteiger partial charge in [-0.1, -0.05) is 6.92 Å². The quantitative estimate of drug-likeness (QED) is 0.831. The van der Waals surface area contributed by atoms with Crippen LogP contribution in [0.2, 0.25) is 0 Å². The van der Waals surface area contributed by atoms with Gasteiger partial charge in [0.2, 0.25) is 5.91 Å². The van der Waals surface area contributed by atoms with Gasteiger partial charge in [0.25, 0.3) is 0 Å². The molecule has 0 spiro atoms. The molecule has 1 unspecified atom stereocenters. The lowest BCUT2D eigenvalue weighted by Crippen LogP contribution is -2.21. The SMILES string of the molecule is CCC(C#N)C(=O)Nc1ccsc1C(=O)OC. The number of nitriles is 1. The standard InChI is InChI=1S/C11H12N2O3S/c1-3-7(6-12)10(14)13-8-4-5-17-9(8)11(15)16-2/h4-5,7H,3H2,1-2H3,(H,13,14). The third-order valence-corrected chi connectivity index (χ3v) is 3.07. The van der Waals surface area contributed by atoms with Crippen molar-refractivity contribution in [3.8, 4) is 6.07 Å². The van der Waals surface area contributed by atoms with Gasteiger partial charge in [-0.25, -0.2) is 4.79 Å². The van der Waals surface area contributed by atoms with E-state index in [-0.39, 0.29) is 0 Å². The van der Waals surface area contributed by atoms with Crippen LogP contribution in [0.4, 0.5) is 5.69 Å². The highest BCUT2D eigenvalue weighted by molar-refractivity contribution is 7.12. The largest absolute Gasteiger partial charge is 0.465 e. The van der Waals surface area contributed by atoms with Crippen LogP contribution in [0.15, 0.2) is 11.4 Å². The van der Waals surface area contributed by atoms with Crippen molar-refractivity contribution in [2.45, 2.75) is 13.3 Å². The monoisotopic (exact) mass is 252 g/mol. The third-order valence-electron chi connectivity index (χ3n) is 2.17. The Morgan fingerprint density at radius 3 is 2.88 bits per heavy atom. The number of anilines is 1. The highest BCUT2D eigenvalue weighted by Crippen LogP contribution is 2.23. The fraction of sp³-hybridized carbons (Fsp3) is 0.364. The molecule has 1 heterocycles. The number of ether oxygens (including phenoxy) is 1. The molecule has 5 nitrogen and oxygen atoms in total. The summed E-state index contributed by atoms with van der Waals surface area (Å²) >= 11 is 1.18. The molecular weight excluding hydrogens is 240 g/mol. The molecule has 0 aliphatic heterocycles. The predicted molar refractivity (Wildman–Crippen MR) is 63.7 cm³/mol. The van der Waals surface area contributed by atoms with Crippen molar-refractivity contribution in [3.63, 3.8) is 0 Å². The number of nitrogens with one attached hydrogen (secondary N) is 1. The van der Waals surface area contributed by atoms with Crippen LogP contribution in [-0.4, -0.2) is 19.0 Å². The van der Waals surface area contributed by atoms with Gasteiger partial charge in [0.1, 0.15) is 10.8 Å². The minimum absolute atomic E-state index is 0.327. The van der Waals surface area contributed by atoms with Gasteiger partial charge in [-0.15, -0.1) is 11.3 Å². The van der Waals surface area contributed by atoms with E-state index in [1.54, 1.807) is 18.4 Å². The summed E-state index contributed by atoms with van der Waals surface area (Å²) in [5.41, 5.74) is 0.389. The van der Waals surface area contributed by atoms with Gasteiger partial charge in [-0.3, -0.25) is 4.79 Å². The maximum atomic E-state index is 11.7. The Hall–Kier alpha value is -1.87. The van der Waals surface area contributed by atoms with Gasteiger partial charge in [-0.05, 0) is 17.9 Å². The minimum atomic E-state index is -0.708. The van der Waals surface area contributed by atoms with E-state index in [9.17, 15) is 9.59 Å². The summed E-state index contributed by atoms with van der Waals surface area (Å²) in [6.45, 7) is 1.75. The second-order valence-corrected chi connectivity index (χ2v) is 4.15. The zero-order valence-corrected chi connectivity index (χ0v) is 10.3. The summed E-state index contributed by atoms with van der Waals surface area (Å²) < 4.78 is 4.59. The fourth-order valence-electron chi connectivity index (χ4n) is 1.21. The second kappa shape index (κ2) is 6.01. The van der Waals surface area contributed by atoms with Crippen molar-refractivity contribution in [1.82, 2.24) is 0 Å². The first-order valence-electron chi connectivity index (χ1n) is 5.00. The molecule has 1 aromatic rings. The van der Waals surface area contributed by atoms with E-state index in [0.29, 0.717) is 17.0 Å². The van der Waals surface area contributed by atoms with Gasteiger partial charge in [-0.2, -0.15) is 5.26 Å². The van der Waals surface area contributed by atoms with Crippen LogP contribution in [-0.2, 0) is 9.53 Å². The first-order chi connectivity index (χ1) is 8.13. The summed E-state index contributed by atoms with van der Waals surface area (Å²) in [6, 6.07) is 3.51. The molecule has 6 heteroatoms. The number of nitrogens with zero attached hydrogens (tertiary/aromatic N) is 1. The van der Waals surface area contributed by atoms with Gasteiger partial charge in [0.15, 0.2) is 0 Å². The molecular formula is C11H12N2O3S. The highest BCUT2D eigenvalue weighted by Gasteiger charge is 2.20. The Bertz CT molecular complexity index is 462. The van der Waals surface area contributed by atoms with E-state index in [2.05, 4.69) is 10.1 Å². The molecule has 1 aromatic heterocycles. The van der Waals surface area contributed by atoms with E-state index in [0.717, 1.165) is 0 Å². The molecule has 0 aliphatic rings. The van der Waals surface area contributed by atoms with Crippen molar-refractivity contribution in [2.24, 2.45) is 5.92 Å². The predicted octanol–water partition coefficient (Wildman–Crippen LogP) is 2.02. The maximum Gasteiger partial charge on any atom is 0.350 e. The molecule has 90 valence electrons. The Labute approximate surface area is 103 Å². The number of rotatable bonds is 4. The van der Waals surface area contributed by atoms with Gasteiger partial charge >= 0.3 is 5.97 Å². The van der Waals surface area contributed by atoms with Crippen LogP contribution in [0.3, 0.4) is 0 Å². The molecule has 0 saturated heterocycles. The molecule has 0 aromatic carbocycles. The number of methoxy groups -OCH3 is 1. The van der Waals surface area contributed by atoms with Crippen LogP contribution < -0.4 is 5.32 Å². The van der Waals surface area contributed by atoms with E-state index in [4.69, 9.17) is 5.26 Å². The number of hydrogen-bond donors (Lipinski definition) is 1. The summed E-state index contributed by atoms with van der Waals surface area (Å²) in [4.78, 5) is 23.3. The van der Waals surface area contributed by atoms with Crippen LogP contribution in [0.1, 0.15) is 23.0 Å². The molecule has 0 fully saturated rings. The Balaban J connectivity index is 2.83. The summed E-state index contributed by atoms with van der Waals surface area (Å²) in [6.07, 6.45) is 0.431. The molecule has 0 saturated carbocycles. The smallest absolute Gasteiger partial charge is 0.350 e. The molecule has 0 radical (unpaired) electrons. The topological polar surface area (TPSA) is 79.2 Å². The molecule has 1 N–H and O–H groups in total. The van der Waals surface area contributed by atoms with E-state index < -0.39 is 17.8 Å². The molecule has 1 rings (SSSR count). The number of carbonyl (C=O) groups excluding carboxylic acids is 2. The molecule has 17 heavy (non-hydrogen) atoms. The third kappa shape index (κ3) is 3.04. The second-order valence-electron chi connectivity index (χ2n) is 3.23. The van der Waals surface area contributed by atoms with Crippen molar-refractivity contribution in [3.05, 3.63) is 16.3 Å². The van der Waals surface area contributed by atoms with Crippen molar-refractivity contribution in [1.29, 1.82) is 5.26 Å². The summed E-state index contributed by atoms with van der Waals surface area (Å²) in [5.74, 6) is -1.61. The van der Waals surface area contributed by atoms with Gasteiger partial charge < -0.3 is 10.1 Å². The maximum absolute atomic E-state index is 11.7. The average Bonchev–Trinajstić information content (AvgIpc) is 2.77. The molecule has 1 atom stereocenters. The number of amides is 1. The van der Waals surface area contributed by atoms with Gasteiger partial charge in [0.05, 0.1) is 18.9 Å². The lowest BCUT2D eigenvalue weighted by molar-refractivity contribution is -0.118. The Morgan fingerprint density at radius 2 is 2.35 bits per heavy atom. The van der Waals surface area contributed by atoms with Crippen LogP contribution in [0.5, 0.6) is 0 Å². The lowest BCUT2D eigenvalue weighted by atomic mass is 10.1. The average molecular weight is 252 g/mol. The number of esters is 1. The molecule has 0 bridgehead atoms. The van der Waals surface area contributed by atoms with Crippen LogP contribution >= 0.6 is 11.3 Å². The highest BCUT2D eigenvalue weighted by atomic mass is 32.1. The minimum Gasteiger partial charge on any atom is -0.465 e. The summed E-state index contributed by atoms with van der Waals surface area (Å²) in [5, 5.41) is 13.0. The first-order valence-corrected chi connectivity index (χ1v) is 5.88. The lowest BCUT2D eigenvalue weighted by Gasteiger charge is -2.07. The van der Waals surface area contributed by atoms with Crippen LogP contribution in [0.25, 0.3) is 0 Å². The van der Waals surface area contributed by atoms with Crippen molar-refractivity contribution in [2.75, 3.05) is 12.4 Å². The fourth-order valence-corrected chi connectivity index (χ4v) is 1.98. The number of thiophene rings is 1. The van der Waals surface area contributed by atoms with Crippen LogP contribution in [0, 0.1) is 17.2 Å². The molecule has 1 amide bonds. The zero-order chi connectivity index (χ0) is 12.8. The molecule has 0 aliphatic carbocycles. The zero-order valence-electron chi connectivity index (χ0n) is 9.52. The van der Waals surface area contributed by atoms with Gasteiger partial charge in [0, 0.05) is 0 Å². The Kier molecular flexibility index (Phi) is 4.67. The van der Waals surface area contributed by atoms with Crippen molar-refractivity contribution >= 4 is 28.9 Å². The van der Waals surface area contributed by atoms with E-state index >= 15 is 0 Å². The Morgan fingerprint density at radius 1 is 1.65 bits per heavy atom. The number of carbonyl (C=O) groups is 2. The number of hydrogen-bond acceptors (Lipinski definition) is 5.